The third-order valence-electron chi connectivity index (χ3n) is 7.26. The van der Waals surface area contributed by atoms with E-state index in [1.165, 1.54) is 101 Å². The van der Waals surface area contributed by atoms with E-state index in [9.17, 15) is 0 Å². The predicted molar refractivity (Wildman–Crippen MR) is 161 cm³/mol. The van der Waals surface area contributed by atoms with Gasteiger partial charge in [0.2, 0.25) is 0 Å². The van der Waals surface area contributed by atoms with Crippen LogP contribution in [0.25, 0.3) is 0 Å². The van der Waals surface area contributed by atoms with Crippen molar-refractivity contribution in [1.82, 2.24) is 5.06 Å². The zero-order chi connectivity index (χ0) is 27.3. The number of rotatable bonds is 26. The van der Waals surface area contributed by atoms with E-state index in [-0.39, 0.29) is 0 Å². The minimum absolute atomic E-state index is 0.796. The molecule has 0 aliphatic heterocycles. The zero-order valence-corrected chi connectivity index (χ0v) is 28.5. The van der Waals surface area contributed by atoms with Gasteiger partial charge in [-0.15, -0.1) is 0 Å². The third kappa shape index (κ3) is 20.4. The van der Waals surface area contributed by atoms with Crippen molar-refractivity contribution in [3.8, 4) is 0 Å². The van der Waals surface area contributed by atoms with Gasteiger partial charge in [0.15, 0.2) is 16.6 Å². The molecule has 0 aliphatic rings. The Labute approximate surface area is 228 Å². The molecule has 9 heteroatoms. The second-order valence-electron chi connectivity index (χ2n) is 11.9. The highest BCUT2D eigenvalue weighted by Crippen LogP contribution is 2.26. The van der Waals surface area contributed by atoms with Crippen LogP contribution in [-0.4, -0.2) is 70.6 Å². The number of nitrogens with zero attached hydrogens (tertiary/aromatic N) is 1. The van der Waals surface area contributed by atoms with Crippen molar-refractivity contribution in [3.63, 3.8) is 0 Å². The van der Waals surface area contributed by atoms with Gasteiger partial charge in [-0.2, -0.15) is 5.06 Å². The Morgan fingerprint density at radius 1 is 0.500 bits per heavy atom. The van der Waals surface area contributed by atoms with Gasteiger partial charge in [-0.1, -0.05) is 83.5 Å². The van der Waals surface area contributed by atoms with Crippen molar-refractivity contribution in [3.05, 3.63) is 0 Å². The van der Waals surface area contributed by atoms with Crippen molar-refractivity contribution in [2.24, 2.45) is 0 Å². The van der Waals surface area contributed by atoms with Crippen LogP contribution in [0.4, 0.5) is 0 Å². The summed E-state index contributed by atoms with van der Waals surface area (Å²) in [5.41, 5.74) is 0. The Balaban J connectivity index is 3.79. The van der Waals surface area contributed by atoms with E-state index >= 15 is 0 Å². The molecule has 0 rings (SSSR count). The molecule has 1 N–H and O–H groups in total. The predicted octanol–water partition coefficient (Wildman–Crippen LogP) is 8.46. The fourth-order valence-electron chi connectivity index (χ4n) is 5.13. The van der Waals surface area contributed by atoms with Crippen LogP contribution in [-0.2, 0) is 17.4 Å². The smallest absolute Gasteiger partial charge is 0.455 e. The second kappa shape index (κ2) is 21.3. The molecule has 0 aromatic carbocycles. The van der Waals surface area contributed by atoms with Crippen molar-refractivity contribution >= 4 is 25.4 Å². The van der Waals surface area contributed by atoms with Crippen LogP contribution in [0, 0.1) is 0 Å². The molecule has 36 heavy (non-hydrogen) atoms. The Hall–Kier alpha value is 0.411. The summed E-state index contributed by atoms with van der Waals surface area (Å²) >= 11 is 0. The molecule has 0 aromatic rings. The van der Waals surface area contributed by atoms with Gasteiger partial charge in [0.25, 0.3) is 0 Å². The molecule has 0 fully saturated rings. The topological polar surface area (TPSA) is 60.4 Å². The van der Waals surface area contributed by atoms with E-state index in [4.69, 9.17) is 22.6 Å². The van der Waals surface area contributed by atoms with Gasteiger partial charge in [-0.05, 0) is 51.1 Å². The molecule has 0 aliphatic carbocycles. The summed E-state index contributed by atoms with van der Waals surface area (Å²) in [7, 11) is 1.33. The number of hydrogen-bond donors (Lipinski definition) is 1. The minimum Gasteiger partial charge on any atom is -0.455 e. The Morgan fingerprint density at radius 3 is 1.14 bits per heavy atom. The summed E-state index contributed by atoms with van der Waals surface area (Å²) in [4.78, 5) is 0. The maximum atomic E-state index is 9.14. The van der Waals surface area contributed by atoms with Crippen LogP contribution >= 0.6 is 0 Å². The number of hydrogen-bond acceptors (Lipinski definition) is 6. The zero-order valence-electron chi connectivity index (χ0n) is 25.5. The third-order valence-corrected chi connectivity index (χ3v) is 17.6. The van der Waals surface area contributed by atoms with Gasteiger partial charge in [-0.3, -0.25) is 0 Å². The van der Waals surface area contributed by atoms with Crippen molar-refractivity contribution in [1.29, 1.82) is 0 Å². The van der Waals surface area contributed by atoms with E-state index in [1.807, 2.05) is 0 Å². The van der Waals surface area contributed by atoms with Crippen LogP contribution in [0.15, 0.2) is 0 Å². The average molecular weight is 566 g/mol. The molecule has 0 bridgehead atoms. The van der Waals surface area contributed by atoms with E-state index in [2.05, 4.69) is 26.2 Å². The van der Waals surface area contributed by atoms with Crippen molar-refractivity contribution < 1.29 is 22.6 Å². The summed E-state index contributed by atoms with van der Waals surface area (Å²) < 4.78 is 23.4. The summed E-state index contributed by atoms with van der Waals surface area (Å²) in [6, 6.07) is 3.52. The molecule has 0 unspecified atom stereocenters. The van der Waals surface area contributed by atoms with Gasteiger partial charge in [0.05, 0.1) is 0 Å². The van der Waals surface area contributed by atoms with E-state index in [0.717, 1.165) is 25.4 Å². The molecule has 0 saturated heterocycles. The summed E-state index contributed by atoms with van der Waals surface area (Å²) in [6.45, 7) is 10.5. The van der Waals surface area contributed by atoms with Gasteiger partial charge in [0, 0.05) is 41.0 Å². The highest BCUT2D eigenvalue weighted by Gasteiger charge is 2.36. The first-order valence-corrected chi connectivity index (χ1v) is 22.9. The largest absolute Gasteiger partial charge is 0.500 e. The van der Waals surface area contributed by atoms with E-state index in [1.54, 1.807) is 28.4 Å². The number of hydroxylamine groups is 2. The Morgan fingerprint density at radius 2 is 0.806 bits per heavy atom. The lowest BCUT2D eigenvalue weighted by atomic mass is 10.1. The highest BCUT2D eigenvalue weighted by molar-refractivity contribution is 6.84. The molecule has 218 valence electrons. The average Bonchev–Trinajstić information content (AvgIpc) is 2.81. The first-order valence-electron chi connectivity index (χ1n) is 14.8. The molecule has 0 amide bonds. The Bertz CT molecular complexity index is 498. The fourth-order valence-corrected chi connectivity index (χ4v) is 15.9. The first kappa shape index (κ1) is 36.4. The molecule has 6 nitrogen and oxygen atoms in total. The van der Waals surface area contributed by atoms with Crippen molar-refractivity contribution in [2.75, 3.05) is 34.9 Å². The van der Waals surface area contributed by atoms with Gasteiger partial charge >= 0.3 is 8.80 Å². The lowest BCUT2D eigenvalue weighted by Crippen LogP contribution is -2.44. The van der Waals surface area contributed by atoms with Crippen LogP contribution in [0.2, 0.25) is 44.3 Å². The Kier molecular flexibility index (Phi) is 21.5. The van der Waals surface area contributed by atoms with Gasteiger partial charge in [-0.25, -0.2) is 0 Å². The monoisotopic (exact) mass is 565 g/mol. The lowest BCUT2D eigenvalue weighted by molar-refractivity contribution is -0.0655. The molecular weight excluding hydrogens is 503 g/mol. The van der Waals surface area contributed by atoms with Crippen molar-refractivity contribution in [2.45, 2.75) is 141 Å². The standard InChI is InChI=1S/C27H63NO5Si3/c1-28(29)24-20-16-12-10-9-11-13-17-21-25-34(5,6)33-35(7,8)26-22-18-14-15-19-23-27-36(30-2,31-3)32-4/h29H,9-27H2,1-8H3. The molecular formula is C27H63NO5Si3. The molecule has 0 heterocycles. The SMILES string of the molecule is CO[Si](CCCCCCCC[Si](C)(C)O[Si](C)(C)CCCCCCCCCCCN(C)O)(OC)OC. The summed E-state index contributed by atoms with van der Waals surface area (Å²) in [6.07, 6.45) is 19.4. The van der Waals surface area contributed by atoms with Crippen LogP contribution in [0.3, 0.4) is 0 Å². The molecule has 0 atom stereocenters. The normalized spacial score (nSPS) is 13.2. The van der Waals surface area contributed by atoms with Gasteiger partial charge < -0.3 is 22.6 Å². The maximum absolute atomic E-state index is 9.14. The van der Waals surface area contributed by atoms with E-state index in [0.29, 0.717) is 0 Å². The fraction of sp³-hybridized carbons (Fsp3) is 1.00. The van der Waals surface area contributed by atoms with Crippen LogP contribution in [0.5, 0.6) is 0 Å². The second-order valence-corrected chi connectivity index (χ2v) is 23.8. The summed E-state index contributed by atoms with van der Waals surface area (Å²) in [5, 5.41) is 10.4. The maximum Gasteiger partial charge on any atom is 0.500 e. The molecule has 0 aromatic heterocycles. The van der Waals surface area contributed by atoms with Crippen LogP contribution in [0.1, 0.15) is 96.3 Å². The quantitative estimate of drug-likeness (QED) is 0.0645. The molecule has 0 radical (unpaired) electrons. The lowest BCUT2D eigenvalue weighted by Gasteiger charge is -2.34. The number of unbranched alkanes of at least 4 members (excludes halogenated alkanes) is 13. The van der Waals surface area contributed by atoms with E-state index < -0.39 is 25.4 Å². The van der Waals surface area contributed by atoms with Gasteiger partial charge in [0.1, 0.15) is 0 Å². The first-order chi connectivity index (χ1) is 17.0. The van der Waals surface area contributed by atoms with Crippen LogP contribution < -0.4 is 0 Å². The molecule has 0 saturated carbocycles. The highest BCUT2D eigenvalue weighted by atomic mass is 28.4. The summed E-state index contributed by atoms with van der Waals surface area (Å²) in [5.74, 6) is 0. The molecule has 0 spiro atoms. The minimum atomic E-state index is -2.38.